The molecule has 0 saturated heterocycles. The van der Waals surface area contributed by atoms with Crippen molar-refractivity contribution in [2.75, 3.05) is 0 Å². The maximum absolute atomic E-state index is 9.44. The molecule has 1 aromatic carbocycles. The summed E-state index contributed by atoms with van der Waals surface area (Å²) in [7, 11) is 0. The first-order valence-electron chi connectivity index (χ1n) is 5.65. The van der Waals surface area contributed by atoms with Crippen LogP contribution < -0.4 is 4.57 Å². The molecule has 1 aromatic heterocycles. The number of imidazole rings is 1. The molecule has 1 heterocycles. The van der Waals surface area contributed by atoms with Crippen molar-refractivity contribution in [3.8, 4) is 0 Å². The molecule has 1 N–H and O–H groups in total. The standard InChI is InChI=1S/C14H17N2O/c1-3-13-6-4-5-7-14(13)10-15-8-9-16(11-15)12(2)17/h3-9,11-12,17H,1,10H2,2H3/q+1. The Labute approximate surface area is 101 Å². The first-order chi connectivity index (χ1) is 8.20. The van der Waals surface area contributed by atoms with Gasteiger partial charge in [0.2, 0.25) is 6.33 Å². The summed E-state index contributed by atoms with van der Waals surface area (Å²) in [4.78, 5) is 0. The smallest absolute Gasteiger partial charge is 0.246 e. The van der Waals surface area contributed by atoms with Crippen LogP contribution in [0.25, 0.3) is 6.08 Å². The number of benzene rings is 1. The predicted octanol–water partition coefficient (Wildman–Crippen LogP) is 1.98. The molecule has 1 atom stereocenters. The second-order valence-corrected chi connectivity index (χ2v) is 4.07. The molecule has 0 aliphatic heterocycles. The van der Waals surface area contributed by atoms with Crippen molar-refractivity contribution in [1.82, 2.24) is 4.57 Å². The van der Waals surface area contributed by atoms with Crippen LogP contribution >= 0.6 is 0 Å². The van der Waals surface area contributed by atoms with Gasteiger partial charge in [-0.25, -0.2) is 9.13 Å². The van der Waals surface area contributed by atoms with Gasteiger partial charge in [0.05, 0.1) is 0 Å². The minimum atomic E-state index is -0.495. The molecule has 2 rings (SSSR count). The van der Waals surface area contributed by atoms with Gasteiger partial charge in [0, 0.05) is 12.5 Å². The van der Waals surface area contributed by atoms with Crippen molar-refractivity contribution in [3.05, 3.63) is 60.7 Å². The Morgan fingerprint density at radius 1 is 1.47 bits per heavy atom. The second-order valence-electron chi connectivity index (χ2n) is 4.07. The third kappa shape index (κ3) is 2.63. The van der Waals surface area contributed by atoms with Crippen molar-refractivity contribution < 1.29 is 9.67 Å². The van der Waals surface area contributed by atoms with Crippen molar-refractivity contribution in [2.24, 2.45) is 0 Å². The molecule has 0 bridgehead atoms. The van der Waals surface area contributed by atoms with Gasteiger partial charge in [-0.1, -0.05) is 36.9 Å². The molecule has 3 heteroatoms. The average molecular weight is 229 g/mol. The number of rotatable bonds is 4. The zero-order valence-electron chi connectivity index (χ0n) is 9.95. The topological polar surface area (TPSA) is 29.0 Å². The normalized spacial score (nSPS) is 12.4. The molecule has 0 aliphatic carbocycles. The SMILES string of the molecule is C=Cc1ccccc1C[n+]1ccn(C(C)O)c1. The first-order valence-corrected chi connectivity index (χ1v) is 5.65. The van der Waals surface area contributed by atoms with Gasteiger partial charge in [-0.2, -0.15) is 0 Å². The lowest BCUT2D eigenvalue weighted by Crippen LogP contribution is -2.32. The molecule has 0 radical (unpaired) electrons. The number of aliphatic hydroxyl groups excluding tert-OH is 1. The van der Waals surface area contributed by atoms with Crippen molar-refractivity contribution >= 4 is 6.08 Å². The minimum absolute atomic E-state index is 0.495. The molecule has 0 spiro atoms. The molecule has 88 valence electrons. The summed E-state index contributed by atoms with van der Waals surface area (Å²) in [5, 5.41) is 9.44. The van der Waals surface area contributed by atoms with Gasteiger partial charge in [0.15, 0.2) is 6.23 Å². The van der Waals surface area contributed by atoms with Gasteiger partial charge in [0.1, 0.15) is 18.9 Å². The summed E-state index contributed by atoms with van der Waals surface area (Å²) in [5.74, 6) is 0. The number of aliphatic hydroxyl groups is 1. The lowest BCUT2D eigenvalue weighted by molar-refractivity contribution is -0.688. The molecule has 0 amide bonds. The summed E-state index contributed by atoms with van der Waals surface area (Å²) in [6.07, 6.45) is 7.07. The zero-order chi connectivity index (χ0) is 12.3. The van der Waals surface area contributed by atoms with Crippen LogP contribution in [0.15, 0.2) is 49.6 Å². The first kappa shape index (κ1) is 11.6. The van der Waals surface area contributed by atoms with Crippen LogP contribution in [0.2, 0.25) is 0 Å². The Bertz CT molecular complexity index is 514. The number of nitrogens with zero attached hydrogens (tertiary/aromatic N) is 2. The van der Waals surface area contributed by atoms with Gasteiger partial charge >= 0.3 is 0 Å². The summed E-state index contributed by atoms with van der Waals surface area (Å²) in [6.45, 7) is 6.33. The van der Waals surface area contributed by atoms with Crippen molar-refractivity contribution in [2.45, 2.75) is 19.7 Å². The lowest BCUT2D eigenvalue weighted by atomic mass is 10.1. The molecule has 0 aliphatic rings. The van der Waals surface area contributed by atoms with Gasteiger partial charge in [-0.15, -0.1) is 0 Å². The van der Waals surface area contributed by atoms with Crippen LogP contribution in [0.4, 0.5) is 0 Å². The van der Waals surface area contributed by atoms with Crippen LogP contribution in [0.3, 0.4) is 0 Å². The molecule has 0 fully saturated rings. The molecule has 17 heavy (non-hydrogen) atoms. The molecule has 3 nitrogen and oxygen atoms in total. The maximum Gasteiger partial charge on any atom is 0.246 e. The molecule has 0 saturated carbocycles. The fourth-order valence-electron chi connectivity index (χ4n) is 1.80. The van der Waals surface area contributed by atoms with Gasteiger partial charge in [0.25, 0.3) is 0 Å². The van der Waals surface area contributed by atoms with Crippen LogP contribution in [-0.4, -0.2) is 9.67 Å². The Morgan fingerprint density at radius 3 is 2.88 bits per heavy atom. The van der Waals surface area contributed by atoms with E-state index in [4.69, 9.17) is 0 Å². The molecule has 2 aromatic rings. The highest BCUT2D eigenvalue weighted by Gasteiger charge is 2.09. The fraction of sp³-hybridized carbons (Fsp3) is 0.214. The Kier molecular flexibility index (Phi) is 3.40. The van der Waals surface area contributed by atoms with Gasteiger partial charge in [-0.3, -0.25) is 0 Å². The zero-order valence-corrected chi connectivity index (χ0v) is 9.95. The van der Waals surface area contributed by atoms with E-state index in [2.05, 4.69) is 18.7 Å². The minimum Gasteiger partial charge on any atom is -0.355 e. The monoisotopic (exact) mass is 229 g/mol. The maximum atomic E-state index is 9.44. The third-order valence-corrected chi connectivity index (χ3v) is 2.77. The number of hydrogen-bond acceptors (Lipinski definition) is 1. The van der Waals surface area contributed by atoms with Gasteiger partial charge < -0.3 is 5.11 Å². The average Bonchev–Trinajstić information content (AvgIpc) is 2.78. The highest BCUT2D eigenvalue weighted by atomic mass is 16.3. The molecule has 1 unspecified atom stereocenters. The highest BCUT2D eigenvalue weighted by molar-refractivity contribution is 5.51. The van der Waals surface area contributed by atoms with Gasteiger partial charge in [-0.05, 0) is 5.56 Å². The van der Waals surface area contributed by atoms with Crippen LogP contribution in [-0.2, 0) is 6.54 Å². The van der Waals surface area contributed by atoms with Crippen LogP contribution in [0.1, 0.15) is 24.3 Å². The van der Waals surface area contributed by atoms with E-state index in [0.29, 0.717) is 0 Å². The third-order valence-electron chi connectivity index (χ3n) is 2.77. The largest absolute Gasteiger partial charge is 0.355 e. The van der Waals surface area contributed by atoms with Crippen LogP contribution in [0, 0.1) is 0 Å². The van der Waals surface area contributed by atoms with Crippen molar-refractivity contribution in [1.29, 1.82) is 0 Å². The van der Waals surface area contributed by atoms with E-state index in [-0.39, 0.29) is 0 Å². The number of hydrogen-bond donors (Lipinski definition) is 1. The molecular weight excluding hydrogens is 212 g/mol. The van der Waals surface area contributed by atoms with E-state index in [1.165, 1.54) is 5.56 Å². The van der Waals surface area contributed by atoms with Crippen molar-refractivity contribution in [3.63, 3.8) is 0 Å². The van der Waals surface area contributed by atoms with E-state index in [1.54, 1.807) is 11.5 Å². The van der Waals surface area contributed by atoms with E-state index in [0.717, 1.165) is 12.1 Å². The lowest BCUT2D eigenvalue weighted by Gasteiger charge is -2.02. The van der Waals surface area contributed by atoms with E-state index in [9.17, 15) is 5.11 Å². The summed E-state index contributed by atoms with van der Waals surface area (Å²) in [6, 6.07) is 8.17. The summed E-state index contributed by atoms with van der Waals surface area (Å²) in [5.41, 5.74) is 2.36. The Balaban J connectivity index is 2.22. The van der Waals surface area contributed by atoms with Crippen LogP contribution in [0.5, 0.6) is 0 Å². The van der Waals surface area contributed by atoms with E-state index < -0.39 is 6.23 Å². The second kappa shape index (κ2) is 4.97. The molecular formula is C14H17N2O+. The number of aromatic nitrogens is 2. The Hall–Kier alpha value is -1.87. The quantitative estimate of drug-likeness (QED) is 0.798. The predicted molar refractivity (Wildman–Crippen MR) is 67.2 cm³/mol. The van der Waals surface area contributed by atoms with E-state index in [1.807, 2.05) is 41.5 Å². The summed E-state index contributed by atoms with van der Waals surface area (Å²) < 4.78 is 3.80. The Morgan fingerprint density at radius 2 is 2.24 bits per heavy atom. The highest BCUT2D eigenvalue weighted by Crippen LogP contribution is 2.09. The summed E-state index contributed by atoms with van der Waals surface area (Å²) >= 11 is 0. The fourth-order valence-corrected chi connectivity index (χ4v) is 1.80. The van der Waals surface area contributed by atoms with E-state index >= 15 is 0 Å².